The summed E-state index contributed by atoms with van der Waals surface area (Å²) in [5.74, 6) is -2.12. The van der Waals surface area contributed by atoms with Gasteiger partial charge in [0, 0.05) is 22.6 Å². The van der Waals surface area contributed by atoms with Crippen molar-refractivity contribution in [3.05, 3.63) is 10.6 Å². The Hall–Kier alpha value is -1.62. The van der Waals surface area contributed by atoms with E-state index in [9.17, 15) is 24.6 Å². The van der Waals surface area contributed by atoms with Crippen molar-refractivity contribution in [3.8, 4) is 0 Å². The Morgan fingerprint density at radius 2 is 2.10 bits per heavy atom. The highest BCUT2D eigenvalue weighted by Gasteiger charge is 2.60. The number of aliphatic hydroxyl groups excluding tert-OH is 1. The van der Waals surface area contributed by atoms with Crippen LogP contribution in [0.15, 0.2) is 10.6 Å². The van der Waals surface area contributed by atoms with Gasteiger partial charge in [-0.1, -0.05) is 6.92 Å². The number of carboxylic acid groups (broad SMARTS) is 1. The molecule has 5 N–H and O–H groups in total. The van der Waals surface area contributed by atoms with Crippen LogP contribution in [-0.2, 0) is 14.4 Å². The van der Waals surface area contributed by atoms with Crippen LogP contribution >= 0.6 is 11.8 Å². The van der Waals surface area contributed by atoms with Crippen LogP contribution in [0.1, 0.15) is 33.1 Å². The van der Waals surface area contributed by atoms with Crippen LogP contribution in [0.3, 0.4) is 0 Å². The monoisotopic (exact) mass is 424 g/mol. The molecule has 29 heavy (non-hydrogen) atoms. The highest BCUT2D eigenvalue weighted by atomic mass is 32.2. The summed E-state index contributed by atoms with van der Waals surface area (Å²) in [5.41, 5.74) is 0.0528. The number of carboxylic acids is 1. The van der Waals surface area contributed by atoms with Crippen LogP contribution in [0.2, 0.25) is 0 Å². The van der Waals surface area contributed by atoms with E-state index < -0.39 is 18.0 Å². The Kier molecular flexibility index (Phi) is 5.62. The number of rotatable bonds is 6. The summed E-state index contributed by atoms with van der Waals surface area (Å²) >= 11 is 1.48. The molecule has 4 aliphatic rings. The number of carbonyl (C=O) groups is 3. The molecule has 0 unspecified atom stereocenters. The zero-order valence-corrected chi connectivity index (χ0v) is 17.4. The second kappa shape index (κ2) is 7.90. The van der Waals surface area contributed by atoms with Gasteiger partial charge in [0.05, 0.1) is 30.3 Å². The van der Waals surface area contributed by atoms with E-state index >= 15 is 0 Å². The average Bonchev–Trinajstić information content (AvgIpc) is 3.36. The summed E-state index contributed by atoms with van der Waals surface area (Å²) in [6.07, 6.45) is 1.59. The number of hydrogen-bond donors (Lipinski definition) is 5. The number of carbonyl (C=O) groups excluding carboxylic acids is 2. The maximum atomic E-state index is 12.4. The van der Waals surface area contributed by atoms with Gasteiger partial charge in [0.25, 0.3) is 0 Å². The van der Waals surface area contributed by atoms with Crippen molar-refractivity contribution >= 4 is 29.5 Å². The zero-order valence-electron chi connectivity index (χ0n) is 16.6. The Bertz CT molecular complexity index is 751. The Balaban J connectivity index is 1.41. The summed E-state index contributed by atoms with van der Waals surface area (Å²) < 4.78 is 0. The highest BCUT2D eigenvalue weighted by Crippen LogP contribution is 2.51. The third-order valence-electron chi connectivity index (χ3n) is 6.39. The van der Waals surface area contributed by atoms with Crippen molar-refractivity contribution in [1.82, 2.24) is 20.9 Å². The van der Waals surface area contributed by atoms with Crippen LogP contribution in [0, 0.1) is 11.8 Å². The standard InChI is InChI=1S/C19H28N4O5S/c1-8-14-13(9(2)24)18(26)23(14)15(19(27)28)16(8)29-10-6-12(21-7-10)22-17(25)11-4-3-5-20-11/h8-14,20-21,24H,3-7H2,1-2H3,(H,22,25)(H,27,28)/t8-,9-,10+,11-,12-,13-,14-/m1/s1. The minimum Gasteiger partial charge on any atom is -0.477 e. The Labute approximate surface area is 173 Å². The lowest BCUT2D eigenvalue weighted by atomic mass is 9.79. The molecule has 3 saturated heterocycles. The lowest BCUT2D eigenvalue weighted by Gasteiger charge is -2.46. The molecule has 0 aromatic carbocycles. The molecule has 9 nitrogen and oxygen atoms in total. The number of nitrogens with one attached hydrogen (secondary N) is 3. The van der Waals surface area contributed by atoms with Gasteiger partial charge in [-0.15, -0.1) is 11.8 Å². The Morgan fingerprint density at radius 1 is 1.34 bits per heavy atom. The second-order valence-electron chi connectivity index (χ2n) is 8.37. The fourth-order valence-electron chi connectivity index (χ4n) is 4.94. The SMILES string of the molecule is C[C@@H](O)[C@H]1C(=O)N2C(C(=O)O)=C(S[C@@H]3CN[C@H](NC(=O)[C@H]4CCCN4)C3)[C@H](C)[C@H]12. The van der Waals surface area contributed by atoms with Crippen LogP contribution < -0.4 is 16.0 Å². The normalized spacial score (nSPS) is 37.5. The molecule has 160 valence electrons. The molecule has 4 aliphatic heterocycles. The highest BCUT2D eigenvalue weighted by molar-refractivity contribution is 8.03. The molecular formula is C19H28N4O5S. The van der Waals surface area contributed by atoms with Crippen molar-refractivity contribution in [3.63, 3.8) is 0 Å². The van der Waals surface area contributed by atoms with Crippen molar-refractivity contribution < 1.29 is 24.6 Å². The first-order valence-electron chi connectivity index (χ1n) is 10.2. The van der Waals surface area contributed by atoms with Gasteiger partial charge < -0.3 is 25.7 Å². The van der Waals surface area contributed by atoms with Gasteiger partial charge in [0.15, 0.2) is 0 Å². The molecule has 0 spiro atoms. The van der Waals surface area contributed by atoms with Gasteiger partial charge in [0.1, 0.15) is 5.70 Å². The molecule has 0 saturated carbocycles. The van der Waals surface area contributed by atoms with Crippen molar-refractivity contribution in [2.45, 2.75) is 62.7 Å². The van der Waals surface area contributed by atoms with Crippen LogP contribution in [0.5, 0.6) is 0 Å². The number of nitrogens with zero attached hydrogens (tertiary/aromatic N) is 1. The fraction of sp³-hybridized carbons (Fsp3) is 0.737. The number of aliphatic hydroxyl groups is 1. The average molecular weight is 425 g/mol. The molecule has 0 aromatic rings. The number of β-lactam (4-membered cyclic amide) rings is 1. The molecule has 7 atom stereocenters. The summed E-state index contributed by atoms with van der Waals surface area (Å²) in [6, 6.07) is -0.430. The summed E-state index contributed by atoms with van der Waals surface area (Å²) in [7, 11) is 0. The van der Waals surface area contributed by atoms with Gasteiger partial charge in [-0.2, -0.15) is 0 Å². The molecule has 4 rings (SSSR count). The largest absolute Gasteiger partial charge is 0.477 e. The number of hydrogen-bond acceptors (Lipinski definition) is 7. The predicted molar refractivity (Wildman–Crippen MR) is 107 cm³/mol. The van der Waals surface area contributed by atoms with Crippen LogP contribution in [0.4, 0.5) is 0 Å². The van der Waals surface area contributed by atoms with Gasteiger partial charge in [-0.3, -0.25) is 14.9 Å². The molecule has 0 radical (unpaired) electrons. The lowest BCUT2D eigenvalue weighted by molar-refractivity contribution is -0.163. The molecular weight excluding hydrogens is 396 g/mol. The quantitative estimate of drug-likeness (QED) is 0.358. The molecule has 0 aromatic heterocycles. The second-order valence-corrected chi connectivity index (χ2v) is 9.71. The first-order chi connectivity index (χ1) is 13.8. The summed E-state index contributed by atoms with van der Waals surface area (Å²) in [4.78, 5) is 38.7. The molecule has 0 aliphatic carbocycles. The Morgan fingerprint density at radius 3 is 2.72 bits per heavy atom. The van der Waals surface area contributed by atoms with E-state index in [1.165, 1.54) is 16.7 Å². The fourth-order valence-corrected chi connectivity index (χ4v) is 6.42. The smallest absolute Gasteiger partial charge is 0.353 e. The topological polar surface area (TPSA) is 131 Å². The van der Waals surface area contributed by atoms with Crippen LogP contribution in [0.25, 0.3) is 0 Å². The molecule has 0 bridgehead atoms. The first-order valence-corrected chi connectivity index (χ1v) is 11.1. The third-order valence-corrected chi connectivity index (χ3v) is 7.90. The maximum Gasteiger partial charge on any atom is 0.353 e. The minimum atomic E-state index is -1.11. The van der Waals surface area contributed by atoms with E-state index in [1.54, 1.807) is 6.92 Å². The van der Waals surface area contributed by atoms with E-state index in [4.69, 9.17) is 0 Å². The number of amides is 2. The van der Waals surface area contributed by atoms with Gasteiger partial charge in [0.2, 0.25) is 11.8 Å². The van der Waals surface area contributed by atoms with Crippen molar-refractivity contribution in [1.29, 1.82) is 0 Å². The maximum absolute atomic E-state index is 12.4. The van der Waals surface area contributed by atoms with Gasteiger partial charge in [-0.05, 0) is 32.7 Å². The van der Waals surface area contributed by atoms with Gasteiger partial charge >= 0.3 is 5.97 Å². The molecule has 3 fully saturated rings. The molecule has 2 amide bonds. The third kappa shape index (κ3) is 3.56. The zero-order chi connectivity index (χ0) is 20.9. The van der Waals surface area contributed by atoms with Crippen molar-refractivity contribution in [2.75, 3.05) is 13.1 Å². The predicted octanol–water partition coefficient (Wildman–Crippen LogP) is -0.570. The van der Waals surface area contributed by atoms with E-state index in [0.717, 1.165) is 19.4 Å². The van der Waals surface area contributed by atoms with E-state index in [1.807, 2.05) is 6.92 Å². The summed E-state index contributed by atoms with van der Waals surface area (Å²) in [6.45, 7) is 5.01. The minimum absolute atomic E-state index is 0.000137. The first kappa shape index (κ1) is 20.6. The van der Waals surface area contributed by atoms with Crippen LogP contribution in [-0.4, -0.2) is 75.6 Å². The molecule has 4 heterocycles. The number of thioether (sulfide) groups is 1. The van der Waals surface area contributed by atoms with Gasteiger partial charge in [-0.25, -0.2) is 4.79 Å². The van der Waals surface area contributed by atoms with E-state index in [-0.39, 0.29) is 46.9 Å². The van der Waals surface area contributed by atoms with E-state index in [0.29, 0.717) is 17.9 Å². The molecule has 10 heteroatoms. The van der Waals surface area contributed by atoms with E-state index in [2.05, 4.69) is 16.0 Å². The number of aliphatic carboxylic acids is 1. The van der Waals surface area contributed by atoms with Crippen molar-refractivity contribution in [2.24, 2.45) is 11.8 Å². The summed E-state index contributed by atoms with van der Waals surface area (Å²) in [5, 5.41) is 29.3. The number of fused-ring (bicyclic) bond motifs is 1. The lowest BCUT2D eigenvalue weighted by Crippen LogP contribution is -2.63.